The number of pyridine rings is 1. The summed E-state index contributed by atoms with van der Waals surface area (Å²) in [5.41, 5.74) is 3.01. The van der Waals surface area contributed by atoms with Crippen LogP contribution in [0.3, 0.4) is 0 Å². The number of rotatable bonds is 5. The fraction of sp³-hybridized carbons (Fsp3) is 0.421. The van der Waals surface area contributed by atoms with Crippen LogP contribution in [-0.4, -0.2) is 69.3 Å². The number of aromatic nitrogens is 5. The summed E-state index contributed by atoms with van der Waals surface area (Å²) in [6, 6.07) is 6.13. The number of fused-ring (bicyclic) bond motifs is 2. The van der Waals surface area contributed by atoms with E-state index in [1.807, 2.05) is 18.5 Å². The van der Waals surface area contributed by atoms with Crippen LogP contribution in [0.1, 0.15) is 23.8 Å². The van der Waals surface area contributed by atoms with Gasteiger partial charge in [0.05, 0.1) is 34.4 Å². The number of likely N-dealkylation sites (tertiary alicyclic amines) is 1. The van der Waals surface area contributed by atoms with Crippen molar-refractivity contribution >= 4 is 37.0 Å². The SMILES string of the molecule is CS(=O)(=O)CCN1CCC(c2nc3ccn(-c4ccc5cnnn5c4)c3s2)CC1. The highest BCUT2D eigenvalue weighted by atomic mass is 32.2. The van der Waals surface area contributed by atoms with Gasteiger partial charge in [-0.25, -0.2) is 17.9 Å². The Balaban J connectivity index is 1.34. The monoisotopic (exact) mass is 430 g/mol. The van der Waals surface area contributed by atoms with E-state index < -0.39 is 9.84 Å². The highest BCUT2D eigenvalue weighted by Crippen LogP contribution is 2.35. The third-order valence-electron chi connectivity index (χ3n) is 5.53. The molecule has 10 heteroatoms. The summed E-state index contributed by atoms with van der Waals surface area (Å²) in [5.74, 6) is 0.673. The molecule has 0 saturated carbocycles. The first-order valence-electron chi connectivity index (χ1n) is 9.65. The van der Waals surface area contributed by atoms with Gasteiger partial charge < -0.3 is 9.47 Å². The molecule has 0 radical (unpaired) electrons. The Hall–Kier alpha value is -2.30. The Morgan fingerprint density at radius 1 is 1.21 bits per heavy atom. The molecule has 152 valence electrons. The predicted octanol–water partition coefficient (Wildman–Crippen LogP) is 2.35. The first-order chi connectivity index (χ1) is 14.0. The Labute approximate surface area is 172 Å². The van der Waals surface area contributed by atoms with Crippen molar-refractivity contribution in [3.63, 3.8) is 0 Å². The van der Waals surface area contributed by atoms with Crippen LogP contribution in [0.5, 0.6) is 0 Å². The summed E-state index contributed by atoms with van der Waals surface area (Å²) in [6.07, 6.45) is 9.10. The van der Waals surface area contributed by atoms with E-state index in [9.17, 15) is 8.42 Å². The zero-order valence-electron chi connectivity index (χ0n) is 16.1. The van der Waals surface area contributed by atoms with Crippen molar-refractivity contribution in [3.8, 4) is 5.69 Å². The number of piperidine rings is 1. The van der Waals surface area contributed by atoms with Gasteiger partial charge in [0.1, 0.15) is 20.2 Å². The van der Waals surface area contributed by atoms with E-state index in [1.165, 1.54) is 11.3 Å². The van der Waals surface area contributed by atoms with Crippen LogP contribution in [0.4, 0.5) is 0 Å². The van der Waals surface area contributed by atoms with Gasteiger partial charge in [0, 0.05) is 24.9 Å². The lowest BCUT2D eigenvalue weighted by atomic mass is 9.98. The van der Waals surface area contributed by atoms with Crippen molar-refractivity contribution < 1.29 is 8.42 Å². The number of sulfone groups is 1. The molecule has 0 amide bonds. The second kappa shape index (κ2) is 7.19. The smallest absolute Gasteiger partial charge is 0.148 e. The molecule has 0 aliphatic carbocycles. The fourth-order valence-electron chi connectivity index (χ4n) is 3.86. The molecule has 1 aliphatic heterocycles. The summed E-state index contributed by atoms with van der Waals surface area (Å²) in [5, 5.41) is 9.20. The molecule has 1 fully saturated rings. The molecule has 1 aliphatic rings. The summed E-state index contributed by atoms with van der Waals surface area (Å²) in [7, 11) is -2.90. The van der Waals surface area contributed by atoms with Gasteiger partial charge in [0.2, 0.25) is 0 Å². The molecule has 1 saturated heterocycles. The molecular weight excluding hydrogens is 408 g/mol. The first kappa shape index (κ1) is 18.7. The number of nitrogens with zero attached hydrogens (tertiary/aromatic N) is 6. The zero-order valence-corrected chi connectivity index (χ0v) is 17.7. The Morgan fingerprint density at radius 3 is 2.83 bits per heavy atom. The number of hydrogen-bond donors (Lipinski definition) is 0. The fourth-order valence-corrected chi connectivity index (χ4v) is 5.68. The molecule has 8 nitrogen and oxygen atoms in total. The molecule has 0 bridgehead atoms. The zero-order chi connectivity index (χ0) is 20.0. The van der Waals surface area contributed by atoms with Crippen LogP contribution in [0.15, 0.2) is 36.8 Å². The van der Waals surface area contributed by atoms with Crippen LogP contribution in [0.25, 0.3) is 21.6 Å². The molecule has 4 aromatic rings. The van der Waals surface area contributed by atoms with E-state index in [0.29, 0.717) is 12.5 Å². The van der Waals surface area contributed by atoms with Crippen molar-refractivity contribution in [1.29, 1.82) is 0 Å². The third kappa shape index (κ3) is 3.79. The maximum atomic E-state index is 11.4. The summed E-state index contributed by atoms with van der Waals surface area (Å²) < 4.78 is 26.7. The molecule has 5 rings (SSSR count). The van der Waals surface area contributed by atoms with Crippen LogP contribution < -0.4 is 0 Å². The van der Waals surface area contributed by atoms with Gasteiger partial charge in [-0.15, -0.1) is 5.10 Å². The molecule has 29 heavy (non-hydrogen) atoms. The molecule has 0 atom stereocenters. The average Bonchev–Trinajstić information content (AvgIpc) is 3.40. The Bertz CT molecular complexity index is 1260. The van der Waals surface area contributed by atoms with Gasteiger partial charge in [0.25, 0.3) is 0 Å². The quantitative estimate of drug-likeness (QED) is 0.483. The Morgan fingerprint density at radius 2 is 2.03 bits per heavy atom. The lowest BCUT2D eigenvalue weighted by Crippen LogP contribution is -2.36. The van der Waals surface area contributed by atoms with Gasteiger partial charge in [-0.05, 0) is 44.1 Å². The van der Waals surface area contributed by atoms with Gasteiger partial charge in [-0.1, -0.05) is 16.6 Å². The third-order valence-corrected chi connectivity index (χ3v) is 7.68. The topological polar surface area (TPSA) is 85.4 Å². The molecule has 0 spiro atoms. The Kier molecular flexibility index (Phi) is 4.64. The second-order valence-corrected chi connectivity index (χ2v) is 10.9. The van der Waals surface area contributed by atoms with Crippen molar-refractivity contribution in [2.75, 3.05) is 31.6 Å². The van der Waals surface area contributed by atoms with E-state index in [1.54, 1.807) is 22.0 Å². The molecule has 0 N–H and O–H groups in total. The predicted molar refractivity (Wildman–Crippen MR) is 114 cm³/mol. The van der Waals surface area contributed by atoms with Gasteiger partial charge in [-0.2, -0.15) is 0 Å². The molecule has 4 aromatic heterocycles. The van der Waals surface area contributed by atoms with E-state index >= 15 is 0 Å². The summed E-state index contributed by atoms with van der Waals surface area (Å²) in [4.78, 5) is 8.28. The van der Waals surface area contributed by atoms with Gasteiger partial charge in [0.15, 0.2) is 0 Å². The highest BCUT2D eigenvalue weighted by Gasteiger charge is 2.24. The first-order valence-corrected chi connectivity index (χ1v) is 12.5. The minimum absolute atomic E-state index is 0.235. The summed E-state index contributed by atoms with van der Waals surface area (Å²) in [6.45, 7) is 2.47. The minimum Gasteiger partial charge on any atom is -0.305 e. The van der Waals surface area contributed by atoms with Crippen LogP contribution in [0, 0.1) is 0 Å². The summed E-state index contributed by atoms with van der Waals surface area (Å²) >= 11 is 1.75. The van der Waals surface area contributed by atoms with Gasteiger partial charge >= 0.3 is 0 Å². The van der Waals surface area contributed by atoms with Gasteiger partial charge in [-0.3, -0.25) is 0 Å². The maximum Gasteiger partial charge on any atom is 0.148 e. The van der Waals surface area contributed by atoms with Crippen molar-refractivity contribution in [2.24, 2.45) is 0 Å². The maximum absolute atomic E-state index is 11.4. The molecule has 0 aromatic carbocycles. The number of thiazole rings is 1. The van der Waals surface area contributed by atoms with Crippen molar-refractivity contribution in [3.05, 3.63) is 41.8 Å². The largest absolute Gasteiger partial charge is 0.305 e. The lowest BCUT2D eigenvalue weighted by molar-refractivity contribution is 0.223. The number of hydrogen-bond acceptors (Lipinski definition) is 7. The minimum atomic E-state index is -2.90. The van der Waals surface area contributed by atoms with E-state index in [4.69, 9.17) is 4.98 Å². The lowest BCUT2D eigenvalue weighted by Gasteiger charge is -2.30. The standard InChI is InChI=1S/C19H22N6O2S2/c1-29(26,27)11-10-23-7-4-14(5-8-23)18-21-17-6-9-24(19(17)28-18)16-3-2-15-12-20-22-25(15)13-16/h2-3,6,9,12-14H,4-5,7-8,10-11H2,1H3. The molecule has 5 heterocycles. The normalized spacial score (nSPS) is 16.9. The van der Waals surface area contributed by atoms with E-state index in [-0.39, 0.29) is 5.75 Å². The van der Waals surface area contributed by atoms with Crippen LogP contribution in [0.2, 0.25) is 0 Å². The molecule has 0 unspecified atom stereocenters. The average molecular weight is 431 g/mol. The second-order valence-electron chi connectivity index (χ2n) is 7.66. The molecular formula is C19H22N6O2S2. The van der Waals surface area contributed by atoms with Crippen molar-refractivity contribution in [1.82, 2.24) is 29.3 Å². The van der Waals surface area contributed by atoms with Crippen molar-refractivity contribution in [2.45, 2.75) is 18.8 Å². The van der Waals surface area contributed by atoms with Crippen LogP contribution in [-0.2, 0) is 9.84 Å². The van der Waals surface area contributed by atoms with E-state index in [2.05, 4.69) is 31.9 Å². The highest BCUT2D eigenvalue weighted by molar-refractivity contribution is 7.90. The van der Waals surface area contributed by atoms with E-state index in [0.717, 1.165) is 47.5 Å². The van der Waals surface area contributed by atoms with Crippen LogP contribution >= 0.6 is 11.3 Å².